The summed E-state index contributed by atoms with van der Waals surface area (Å²) < 4.78 is 0. The monoisotopic (exact) mass is 234 g/mol. The Morgan fingerprint density at radius 2 is 1.65 bits per heavy atom. The van der Waals surface area contributed by atoms with Crippen LogP contribution in [0.15, 0.2) is 24.3 Å². The first-order valence-corrected chi connectivity index (χ1v) is 6.65. The molecule has 1 rings (SSSR count). The summed E-state index contributed by atoms with van der Waals surface area (Å²) in [5.41, 5.74) is 2.61. The van der Waals surface area contributed by atoms with Gasteiger partial charge in [-0.25, -0.2) is 0 Å². The number of hydrogen-bond donors (Lipinski definition) is 1. The van der Waals surface area contributed by atoms with E-state index in [0.717, 1.165) is 18.4 Å². The van der Waals surface area contributed by atoms with E-state index in [2.05, 4.69) is 58.9 Å². The molecule has 0 saturated heterocycles. The summed E-state index contributed by atoms with van der Waals surface area (Å²) >= 11 is 0. The van der Waals surface area contributed by atoms with Crippen molar-refractivity contribution in [1.29, 1.82) is 0 Å². The molecule has 1 aromatic rings. The molecule has 1 unspecified atom stereocenters. The van der Waals surface area contributed by atoms with Crippen molar-refractivity contribution in [2.24, 2.45) is 5.92 Å². The molecular formula is C16H26O. The van der Waals surface area contributed by atoms with Crippen molar-refractivity contribution in [3.63, 3.8) is 0 Å². The highest BCUT2D eigenvalue weighted by atomic mass is 16.3. The van der Waals surface area contributed by atoms with E-state index in [-0.39, 0.29) is 11.5 Å². The van der Waals surface area contributed by atoms with Gasteiger partial charge in [-0.1, -0.05) is 58.9 Å². The fourth-order valence-corrected chi connectivity index (χ4v) is 1.94. The Hall–Kier alpha value is -0.820. The van der Waals surface area contributed by atoms with E-state index < -0.39 is 0 Å². The van der Waals surface area contributed by atoms with Crippen LogP contribution >= 0.6 is 0 Å². The largest absolute Gasteiger partial charge is 0.388 e. The van der Waals surface area contributed by atoms with Crippen molar-refractivity contribution in [2.75, 3.05) is 0 Å². The second-order valence-corrected chi connectivity index (χ2v) is 6.00. The van der Waals surface area contributed by atoms with E-state index >= 15 is 0 Å². The highest BCUT2D eigenvalue weighted by Crippen LogP contribution is 2.28. The normalized spacial score (nSPS) is 14.1. The molecule has 1 heteroatoms. The molecule has 0 saturated carbocycles. The molecule has 1 aromatic carbocycles. The van der Waals surface area contributed by atoms with Crippen LogP contribution in [0.1, 0.15) is 64.7 Å². The third kappa shape index (κ3) is 3.85. The molecule has 0 spiro atoms. The summed E-state index contributed by atoms with van der Waals surface area (Å²) in [6, 6.07) is 8.45. The Bertz CT molecular complexity index is 335. The van der Waals surface area contributed by atoms with E-state index in [4.69, 9.17) is 0 Å². The molecule has 17 heavy (non-hydrogen) atoms. The number of benzene rings is 1. The van der Waals surface area contributed by atoms with Crippen LogP contribution in [-0.4, -0.2) is 5.11 Å². The molecule has 1 N–H and O–H groups in total. The fraction of sp³-hybridized carbons (Fsp3) is 0.625. The van der Waals surface area contributed by atoms with Gasteiger partial charge in [0.1, 0.15) is 0 Å². The molecule has 0 amide bonds. The van der Waals surface area contributed by atoms with E-state index in [1.807, 2.05) is 0 Å². The molecule has 0 aliphatic heterocycles. The maximum atomic E-state index is 10.0. The van der Waals surface area contributed by atoms with Crippen LogP contribution in [0.4, 0.5) is 0 Å². The zero-order valence-corrected chi connectivity index (χ0v) is 11.8. The van der Waals surface area contributed by atoms with Crippen LogP contribution < -0.4 is 0 Å². The van der Waals surface area contributed by atoms with Gasteiger partial charge >= 0.3 is 0 Å². The van der Waals surface area contributed by atoms with Crippen molar-refractivity contribution in [2.45, 2.75) is 59.0 Å². The number of aliphatic hydroxyl groups is 1. The number of rotatable bonds is 5. The topological polar surface area (TPSA) is 20.2 Å². The SMILES string of the molecule is CCC(C)(C)c1ccc(C(O)CC(C)C)cc1. The van der Waals surface area contributed by atoms with E-state index in [1.165, 1.54) is 5.56 Å². The summed E-state index contributed by atoms with van der Waals surface area (Å²) in [5, 5.41) is 10.0. The smallest absolute Gasteiger partial charge is 0.0792 e. The molecule has 1 nitrogen and oxygen atoms in total. The second kappa shape index (κ2) is 5.68. The summed E-state index contributed by atoms with van der Waals surface area (Å²) in [6.45, 7) is 11.0. The summed E-state index contributed by atoms with van der Waals surface area (Å²) in [6.07, 6.45) is 1.63. The van der Waals surface area contributed by atoms with Crippen molar-refractivity contribution in [3.05, 3.63) is 35.4 Å². The molecule has 1 atom stereocenters. The summed E-state index contributed by atoms with van der Waals surface area (Å²) in [4.78, 5) is 0. The van der Waals surface area contributed by atoms with Crippen LogP contribution in [-0.2, 0) is 5.41 Å². The van der Waals surface area contributed by atoms with Gasteiger partial charge in [0.05, 0.1) is 6.10 Å². The quantitative estimate of drug-likeness (QED) is 0.797. The van der Waals surface area contributed by atoms with Gasteiger partial charge in [0, 0.05) is 0 Å². The van der Waals surface area contributed by atoms with E-state index in [0.29, 0.717) is 5.92 Å². The van der Waals surface area contributed by atoms with Gasteiger partial charge in [-0.05, 0) is 35.3 Å². The first kappa shape index (κ1) is 14.2. The van der Waals surface area contributed by atoms with Crippen LogP contribution in [0.25, 0.3) is 0 Å². The third-order valence-corrected chi connectivity index (χ3v) is 3.66. The number of hydrogen-bond acceptors (Lipinski definition) is 1. The van der Waals surface area contributed by atoms with Gasteiger partial charge in [-0.15, -0.1) is 0 Å². The molecule has 0 radical (unpaired) electrons. The Labute approximate surface area is 106 Å². The minimum atomic E-state index is -0.325. The van der Waals surface area contributed by atoms with Gasteiger partial charge in [0.15, 0.2) is 0 Å². The minimum absolute atomic E-state index is 0.224. The lowest BCUT2D eigenvalue weighted by atomic mass is 9.81. The number of aliphatic hydroxyl groups excluding tert-OH is 1. The first-order chi connectivity index (χ1) is 7.86. The molecule has 0 heterocycles. The fourth-order valence-electron chi connectivity index (χ4n) is 1.94. The first-order valence-electron chi connectivity index (χ1n) is 6.65. The van der Waals surface area contributed by atoms with Crippen LogP contribution in [0.3, 0.4) is 0 Å². The average Bonchev–Trinajstić information content (AvgIpc) is 2.28. The molecule has 0 fully saturated rings. The zero-order chi connectivity index (χ0) is 13.1. The lowest BCUT2D eigenvalue weighted by molar-refractivity contribution is 0.151. The Balaban J connectivity index is 2.81. The van der Waals surface area contributed by atoms with Crippen LogP contribution in [0.5, 0.6) is 0 Å². The molecule has 0 aliphatic carbocycles. The molecule has 0 aliphatic rings. The molecule has 0 aromatic heterocycles. The van der Waals surface area contributed by atoms with Crippen molar-refractivity contribution in [3.8, 4) is 0 Å². The van der Waals surface area contributed by atoms with Crippen molar-refractivity contribution < 1.29 is 5.11 Å². The van der Waals surface area contributed by atoms with E-state index in [9.17, 15) is 5.11 Å². The van der Waals surface area contributed by atoms with Crippen LogP contribution in [0.2, 0.25) is 0 Å². The van der Waals surface area contributed by atoms with Crippen LogP contribution in [0, 0.1) is 5.92 Å². The molecular weight excluding hydrogens is 208 g/mol. The van der Waals surface area contributed by atoms with Gasteiger partial charge in [0.25, 0.3) is 0 Å². The van der Waals surface area contributed by atoms with Gasteiger partial charge in [-0.3, -0.25) is 0 Å². The summed E-state index contributed by atoms with van der Waals surface area (Å²) in [5.74, 6) is 0.525. The molecule has 0 bridgehead atoms. The zero-order valence-electron chi connectivity index (χ0n) is 11.8. The van der Waals surface area contributed by atoms with E-state index in [1.54, 1.807) is 0 Å². The maximum Gasteiger partial charge on any atom is 0.0792 e. The molecule has 96 valence electrons. The highest BCUT2D eigenvalue weighted by molar-refractivity contribution is 5.29. The maximum absolute atomic E-state index is 10.0. The lowest BCUT2D eigenvalue weighted by Crippen LogP contribution is -2.15. The second-order valence-electron chi connectivity index (χ2n) is 6.00. The van der Waals surface area contributed by atoms with Gasteiger partial charge < -0.3 is 5.11 Å². The summed E-state index contributed by atoms with van der Waals surface area (Å²) in [7, 11) is 0. The highest BCUT2D eigenvalue weighted by Gasteiger charge is 2.18. The Morgan fingerprint density at radius 1 is 1.12 bits per heavy atom. The van der Waals surface area contributed by atoms with Crippen molar-refractivity contribution in [1.82, 2.24) is 0 Å². The van der Waals surface area contributed by atoms with Gasteiger partial charge in [-0.2, -0.15) is 0 Å². The Morgan fingerprint density at radius 3 is 2.06 bits per heavy atom. The van der Waals surface area contributed by atoms with Crippen molar-refractivity contribution >= 4 is 0 Å². The minimum Gasteiger partial charge on any atom is -0.388 e. The predicted octanol–water partition coefficient (Wildman–Crippen LogP) is 4.45. The van der Waals surface area contributed by atoms with Gasteiger partial charge in [0.2, 0.25) is 0 Å². The average molecular weight is 234 g/mol. The predicted molar refractivity (Wildman–Crippen MR) is 74.2 cm³/mol. The third-order valence-electron chi connectivity index (χ3n) is 3.66. The Kier molecular flexibility index (Phi) is 4.76. The standard InChI is InChI=1S/C16H26O/c1-6-16(4,5)14-9-7-13(8-10-14)15(17)11-12(2)3/h7-10,12,15,17H,6,11H2,1-5H3. The lowest BCUT2D eigenvalue weighted by Gasteiger charge is -2.24.